The Morgan fingerprint density at radius 2 is 1.75 bits per heavy atom. The highest BCUT2D eigenvalue weighted by Gasteiger charge is 2.51. The Morgan fingerprint density at radius 1 is 1.04 bits per heavy atom. The fraction of sp³-hybridized carbons (Fsp3) is 0.450. The summed E-state index contributed by atoms with van der Waals surface area (Å²) in [7, 11) is 0. The van der Waals surface area contributed by atoms with Crippen LogP contribution >= 0.6 is 11.3 Å². The summed E-state index contributed by atoms with van der Waals surface area (Å²) in [5.74, 6) is -0.145. The van der Waals surface area contributed by atoms with Gasteiger partial charge in [0.25, 0.3) is 0 Å². The molecule has 2 nitrogen and oxygen atoms in total. The molecule has 2 aliphatic carbocycles. The second kappa shape index (κ2) is 5.99. The first-order chi connectivity index (χ1) is 11.6. The standard InChI is InChI=1S/C20H22FNOS/c21-17-5-3-15(4-6-17)20(10-11-20)18(23)22-14-19(8-1-2-9-19)16-7-12-24-13-16/h3-7,12-13H,1-2,8-11,14H2,(H,22,23). The lowest BCUT2D eigenvalue weighted by Crippen LogP contribution is -2.43. The van der Waals surface area contributed by atoms with Gasteiger partial charge in [0, 0.05) is 12.0 Å². The van der Waals surface area contributed by atoms with E-state index in [4.69, 9.17) is 0 Å². The van der Waals surface area contributed by atoms with Gasteiger partial charge < -0.3 is 5.32 Å². The highest BCUT2D eigenvalue weighted by Crippen LogP contribution is 2.49. The number of benzene rings is 1. The lowest BCUT2D eigenvalue weighted by molar-refractivity contribution is -0.123. The van der Waals surface area contributed by atoms with Gasteiger partial charge in [0.15, 0.2) is 0 Å². The van der Waals surface area contributed by atoms with Crippen molar-refractivity contribution in [3.05, 3.63) is 58.0 Å². The molecule has 1 N–H and O–H groups in total. The molecule has 24 heavy (non-hydrogen) atoms. The van der Waals surface area contributed by atoms with Crippen molar-refractivity contribution in [1.29, 1.82) is 0 Å². The fourth-order valence-corrected chi connectivity index (χ4v) is 4.92. The Hall–Kier alpha value is -1.68. The summed E-state index contributed by atoms with van der Waals surface area (Å²) in [4.78, 5) is 12.9. The van der Waals surface area contributed by atoms with Crippen LogP contribution < -0.4 is 5.32 Å². The average Bonchev–Trinajstić information content (AvgIpc) is 3.02. The zero-order valence-corrected chi connectivity index (χ0v) is 14.5. The molecule has 1 amide bonds. The first-order valence-corrected chi connectivity index (χ1v) is 9.66. The van der Waals surface area contributed by atoms with Crippen molar-refractivity contribution in [3.63, 3.8) is 0 Å². The number of hydrogen-bond acceptors (Lipinski definition) is 2. The monoisotopic (exact) mass is 343 g/mol. The van der Waals surface area contributed by atoms with E-state index in [0.717, 1.165) is 31.2 Å². The molecule has 2 fully saturated rings. The second-order valence-corrected chi connectivity index (χ2v) is 8.05. The first kappa shape index (κ1) is 15.8. The van der Waals surface area contributed by atoms with Gasteiger partial charge in [-0.2, -0.15) is 11.3 Å². The lowest BCUT2D eigenvalue weighted by atomic mass is 9.80. The number of rotatable bonds is 5. The smallest absolute Gasteiger partial charge is 0.230 e. The summed E-state index contributed by atoms with van der Waals surface area (Å²) in [6.07, 6.45) is 6.47. The Morgan fingerprint density at radius 3 is 2.33 bits per heavy atom. The van der Waals surface area contributed by atoms with Crippen LogP contribution in [-0.4, -0.2) is 12.5 Å². The molecule has 1 heterocycles. The predicted octanol–water partition coefficient (Wildman–Crippen LogP) is 4.55. The SMILES string of the molecule is O=C(NCC1(c2ccsc2)CCCC1)C1(c2ccc(F)cc2)CC1. The molecule has 0 radical (unpaired) electrons. The largest absolute Gasteiger partial charge is 0.354 e. The average molecular weight is 343 g/mol. The molecule has 0 aliphatic heterocycles. The second-order valence-electron chi connectivity index (χ2n) is 7.27. The summed E-state index contributed by atoms with van der Waals surface area (Å²) in [6.45, 7) is 0.714. The van der Waals surface area contributed by atoms with Crippen LogP contribution in [0.5, 0.6) is 0 Å². The topological polar surface area (TPSA) is 29.1 Å². The van der Waals surface area contributed by atoms with Crippen LogP contribution in [0.25, 0.3) is 0 Å². The van der Waals surface area contributed by atoms with E-state index < -0.39 is 5.41 Å². The van der Waals surface area contributed by atoms with Crippen molar-refractivity contribution in [2.75, 3.05) is 6.54 Å². The van der Waals surface area contributed by atoms with Gasteiger partial charge in [0.05, 0.1) is 5.41 Å². The number of amides is 1. The first-order valence-electron chi connectivity index (χ1n) is 8.72. The van der Waals surface area contributed by atoms with Gasteiger partial charge >= 0.3 is 0 Å². The van der Waals surface area contributed by atoms with Crippen LogP contribution in [0.2, 0.25) is 0 Å². The molecule has 0 spiro atoms. The number of carbonyl (C=O) groups is 1. The third-order valence-electron chi connectivity index (χ3n) is 5.86. The van der Waals surface area contributed by atoms with Gasteiger partial charge in [-0.1, -0.05) is 25.0 Å². The van der Waals surface area contributed by atoms with Gasteiger partial charge in [-0.25, -0.2) is 4.39 Å². The fourth-order valence-electron chi connectivity index (χ4n) is 4.14. The third kappa shape index (κ3) is 2.67. The van der Waals surface area contributed by atoms with Crippen LogP contribution in [0.15, 0.2) is 41.1 Å². The van der Waals surface area contributed by atoms with Crippen molar-refractivity contribution in [2.45, 2.75) is 49.4 Å². The molecule has 0 saturated heterocycles. The van der Waals surface area contributed by atoms with Gasteiger partial charge in [-0.3, -0.25) is 4.79 Å². The maximum absolute atomic E-state index is 13.2. The molecule has 126 valence electrons. The molecule has 0 atom stereocenters. The number of thiophene rings is 1. The van der Waals surface area contributed by atoms with Crippen LogP contribution in [0.3, 0.4) is 0 Å². The zero-order valence-electron chi connectivity index (χ0n) is 13.7. The number of halogens is 1. The maximum Gasteiger partial charge on any atom is 0.230 e. The van der Waals surface area contributed by atoms with E-state index in [-0.39, 0.29) is 17.1 Å². The van der Waals surface area contributed by atoms with E-state index in [2.05, 4.69) is 22.1 Å². The van der Waals surface area contributed by atoms with Crippen molar-refractivity contribution in [3.8, 4) is 0 Å². The molecular weight excluding hydrogens is 321 g/mol. The molecule has 0 unspecified atom stereocenters. The lowest BCUT2D eigenvalue weighted by Gasteiger charge is -2.30. The highest BCUT2D eigenvalue weighted by molar-refractivity contribution is 7.08. The number of hydrogen-bond donors (Lipinski definition) is 1. The third-order valence-corrected chi connectivity index (χ3v) is 6.55. The Labute approximate surface area is 146 Å². The minimum atomic E-state index is -0.428. The van der Waals surface area contributed by atoms with Crippen LogP contribution in [0.1, 0.15) is 49.7 Å². The number of carbonyl (C=O) groups excluding carboxylic acids is 1. The van der Waals surface area contributed by atoms with Gasteiger partial charge in [0.2, 0.25) is 5.91 Å². The molecule has 2 aromatic rings. The predicted molar refractivity (Wildman–Crippen MR) is 94.8 cm³/mol. The highest BCUT2D eigenvalue weighted by atomic mass is 32.1. The van der Waals surface area contributed by atoms with Crippen LogP contribution in [0, 0.1) is 5.82 Å². The van der Waals surface area contributed by atoms with Gasteiger partial charge in [0.1, 0.15) is 5.82 Å². The van der Waals surface area contributed by atoms with E-state index in [1.807, 2.05) is 0 Å². The Balaban J connectivity index is 1.49. The summed E-state index contributed by atoms with van der Waals surface area (Å²) in [5.41, 5.74) is 1.99. The molecule has 2 saturated carbocycles. The molecule has 4 heteroatoms. The van der Waals surface area contributed by atoms with E-state index in [0.29, 0.717) is 6.54 Å². The van der Waals surface area contributed by atoms with Gasteiger partial charge in [-0.05, 0) is 65.8 Å². The van der Waals surface area contributed by atoms with Gasteiger partial charge in [-0.15, -0.1) is 0 Å². The molecule has 1 aromatic carbocycles. The summed E-state index contributed by atoms with van der Waals surface area (Å²) in [5, 5.41) is 7.59. The zero-order chi connectivity index (χ0) is 16.6. The van der Waals surface area contributed by atoms with Crippen molar-refractivity contribution in [1.82, 2.24) is 5.32 Å². The van der Waals surface area contributed by atoms with Crippen molar-refractivity contribution in [2.24, 2.45) is 0 Å². The maximum atomic E-state index is 13.2. The van der Waals surface area contributed by atoms with Crippen molar-refractivity contribution >= 4 is 17.2 Å². The summed E-state index contributed by atoms with van der Waals surface area (Å²) in [6, 6.07) is 8.62. The van der Waals surface area contributed by atoms with E-state index in [1.54, 1.807) is 23.5 Å². The molecule has 2 aliphatic rings. The van der Waals surface area contributed by atoms with E-state index in [9.17, 15) is 9.18 Å². The minimum absolute atomic E-state index is 0.106. The Kier molecular flexibility index (Phi) is 3.95. The summed E-state index contributed by atoms with van der Waals surface area (Å²) < 4.78 is 13.2. The number of nitrogens with one attached hydrogen (secondary N) is 1. The van der Waals surface area contributed by atoms with Crippen LogP contribution in [0.4, 0.5) is 4.39 Å². The molecule has 1 aromatic heterocycles. The van der Waals surface area contributed by atoms with Crippen LogP contribution in [-0.2, 0) is 15.6 Å². The molecular formula is C20H22FNOS. The van der Waals surface area contributed by atoms with Crippen molar-refractivity contribution < 1.29 is 9.18 Å². The van der Waals surface area contributed by atoms with E-state index in [1.165, 1.54) is 30.5 Å². The minimum Gasteiger partial charge on any atom is -0.354 e. The van der Waals surface area contributed by atoms with E-state index >= 15 is 0 Å². The summed E-state index contributed by atoms with van der Waals surface area (Å²) >= 11 is 1.73. The molecule has 0 bridgehead atoms. The molecule has 4 rings (SSSR count). The Bertz CT molecular complexity index is 713. The normalized spacial score (nSPS) is 20.7. The quantitative estimate of drug-likeness (QED) is 0.848.